The van der Waals surface area contributed by atoms with Crippen LogP contribution in [0.25, 0.3) is 0 Å². The Balaban J connectivity index is 1.54. The summed E-state index contributed by atoms with van der Waals surface area (Å²) in [7, 11) is 0. The minimum absolute atomic E-state index is 0.0325. The van der Waals surface area contributed by atoms with E-state index in [0.717, 1.165) is 12.8 Å². The molecule has 1 aromatic heterocycles. The summed E-state index contributed by atoms with van der Waals surface area (Å²) in [6.07, 6.45) is 4.83. The predicted molar refractivity (Wildman–Crippen MR) is 76.9 cm³/mol. The van der Waals surface area contributed by atoms with Gasteiger partial charge in [0.1, 0.15) is 25.1 Å². The van der Waals surface area contributed by atoms with Crippen LogP contribution < -0.4 is 4.74 Å². The van der Waals surface area contributed by atoms with Crippen molar-refractivity contribution in [2.45, 2.75) is 25.9 Å². The molecule has 2 aliphatic rings. The molecule has 1 saturated heterocycles. The molecule has 22 heavy (non-hydrogen) atoms. The van der Waals surface area contributed by atoms with Crippen LogP contribution >= 0.6 is 0 Å². The molecule has 2 aliphatic heterocycles. The number of hydrogen-bond donors (Lipinski definition) is 0. The third-order valence-corrected chi connectivity index (χ3v) is 3.71. The highest BCUT2D eigenvalue weighted by Gasteiger charge is 2.29. The Kier molecular flexibility index (Phi) is 4.41. The Hall–Kier alpha value is -2.31. The quantitative estimate of drug-likeness (QED) is 0.833. The molecule has 0 unspecified atom stereocenters. The fourth-order valence-corrected chi connectivity index (χ4v) is 2.53. The zero-order valence-corrected chi connectivity index (χ0v) is 12.5. The average molecular weight is 305 g/mol. The van der Waals surface area contributed by atoms with Crippen molar-refractivity contribution in [3.63, 3.8) is 0 Å². The van der Waals surface area contributed by atoms with Crippen LogP contribution in [-0.4, -0.2) is 53.2 Å². The van der Waals surface area contributed by atoms with Crippen molar-refractivity contribution >= 4 is 5.91 Å². The topological polar surface area (TPSA) is 73.8 Å². The predicted octanol–water partition coefficient (Wildman–Crippen LogP) is 1.12. The maximum atomic E-state index is 12.4. The number of amides is 1. The number of hydrogen-bond acceptors (Lipinski definition) is 6. The van der Waals surface area contributed by atoms with Crippen molar-refractivity contribution in [1.82, 2.24) is 14.9 Å². The summed E-state index contributed by atoms with van der Waals surface area (Å²) in [5.74, 6) is 0.788. The maximum Gasteiger partial charge on any atom is 0.316 e. The summed E-state index contributed by atoms with van der Waals surface area (Å²) in [6.45, 7) is 3.92. The summed E-state index contributed by atoms with van der Waals surface area (Å²) < 4.78 is 16.5. The second kappa shape index (κ2) is 6.64. The van der Waals surface area contributed by atoms with Crippen LogP contribution in [-0.2, 0) is 14.3 Å². The van der Waals surface area contributed by atoms with Gasteiger partial charge in [0, 0.05) is 38.3 Å². The van der Waals surface area contributed by atoms with Gasteiger partial charge >= 0.3 is 6.01 Å². The number of carbonyl (C=O) groups excluding carboxylic acids is 1. The highest BCUT2D eigenvalue weighted by molar-refractivity contribution is 5.92. The standard InChI is InChI=1S/C15H19N3O4/c1-11-13(21-10-9-20-11)14(19)18-7-3-12(4-8-18)22-15-16-5-2-6-17-15/h2,5-6,12H,3-4,7-10H2,1H3. The van der Waals surface area contributed by atoms with Crippen molar-refractivity contribution in [2.75, 3.05) is 26.3 Å². The van der Waals surface area contributed by atoms with Gasteiger partial charge in [0.15, 0.2) is 0 Å². The van der Waals surface area contributed by atoms with Crippen LogP contribution in [0, 0.1) is 0 Å². The van der Waals surface area contributed by atoms with Crippen molar-refractivity contribution in [2.24, 2.45) is 0 Å². The van der Waals surface area contributed by atoms with Gasteiger partial charge in [-0.15, -0.1) is 0 Å². The Bertz CT molecular complexity index is 553. The third-order valence-electron chi connectivity index (χ3n) is 3.71. The molecule has 0 radical (unpaired) electrons. The first-order valence-corrected chi connectivity index (χ1v) is 7.43. The number of nitrogens with zero attached hydrogens (tertiary/aromatic N) is 3. The molecule has 0 N–H and O–H groups in total. The van der Waals surface area contributed by atoms with Crippen molar-refractivity contribution in [1.29, 1.82) is 0 Å². The Labute approximate surface area is 128 Å². The van der Waals surface area contributed by atoms with E-state index in [1.165, 1.54) is 0 Å². The lowest BCUT2D eigenvalue weighted by molar-refractivity contribution is -0.134. The molecule has 0 saturated carbocycles. The number of ether oxygens (including phenoxy) is 3. The van der Waals surface area contributed by atoms with E-state index < -0.39 is 0 Å². The molecule has 0 atom stereocenters. The average Bonchev–Trinajstić information content (AvgIpc) is 2.56. The van der Waals surface area contributed by atoms with Gasteiger partial charge < -0.3 is 19.1 Å². The lowest BCUT2D eigenvalue weighted by Gasteiger charge is -2.32. The summed E-state index contributed by atoms with van der Waals surface area (Å²) in [5.41, 5.74) is 0. The molecule has 7 heteroatoms. The van der Waals surface area contributed by atoms with Crippen LogP contribution in [0.3, 0.4) is 0 Å². The van der Waals surface area contributed by atoms with Gasteiger partial charge in [-0.25, -0.2) is 9.97 Å². The molecule has 0 bridgehead atoms. The number of carbonyl (C=O) groups is 1. The molecule has 1 fully saturated rings. The molecule has 0 spiro atoms. The molecule has 0 aromatic carbocycles. The normalized spacial score (nSPS) is 19.4. The van der Waals surface area contributed by atoms with E-state index in [1.54, 1.807) is 30.3 Å². The monoisotopic (exact) mass is 305 g/mol. The van der Waals surface area contributed by atoms with Crippen LogP contribution in [0.5, 0.6) is 6.01 Å². The van der Waals surface area contributed by atoms with Gasteiger partial charge in [0.05, 0.1) is 0 Å². The van der Waals surface area contributed by atoms with Crippen LogP contribution in [0.4, 0.5) is 0 Å². The first-order chi connectivity index (χ1) is 10.7. The summed E-state index contributed by atoms with van der Waals surface area (Å²) >= 11 is 0. The Morgan fingerprint density at radius 1 is 1.23 bits per heavy atom. The lowest BCUT2D eigenvalue weighted by atomic mass is 10.1. The van der Waals surface area contributed by atoms with Crippen LogP contribution in [0.1, 0.15) is 19.8 Å². The number of likely N-dealkylation sites (tertiary alicyclic amines) is 1. The van der Waals surface area contributed by atoms with Gasteiger partial charge in [-0.05, 0) is 13.0 Å². The van der Waals surface area contributed by atoms with E-state index in [9.17, 15) is 4.79 Å². The second-order valence-corrected chi connectivity index (χ2v) is 5.22. The molecular formula is C15H19N3O4. The fraction of sp³-hybridized carbons (Fsp3) is 0.533. The number of piperidine rings is 1. The largest absolute Gasteiger partial charge is 0.491 e. The van der Waals surface area contributed by atoms with E-state index in [4.69, 9.17) is 14.2 Å². The van der Waals surface area contributed by atoms with E-state index in [-0.39, 0.29) is 12.0 Å². The van der Waals surface area contributed by atoms with Gasteiger partial charge in [-0.1, -0.05) is 0 Å². The van der Waals surface area contributed by atoms with Gasteiger partial charge in [0.25, 0.3) is 5.91 Å². The van der Waals surface area contributed by atoms with E-state index in [0.29, 0.717) is 43.8 Å². The maximum absolute atomic E-state index is 12.4. The lowest BCUT2D eigenvalue weighted by Crippen LogP contribution is -2.43. The second-order valence-electron chi connectivity index (χ2n) is 5.22. The first-order valence-electron chi connectivity index (χ1n) is 7.43. The Morgan fingerprint density at radius 3 is 2.59 bits per heavy atom. The van der Waals surface area contributed by atoms with E-state index in [2.05, 4.69) is 9.97 Å². The molecule has 3 rings (SSSR count). The summed E-state index contributed by atoms with van der Waals surface area (Å²) in [6, 6.07) is 2.13. The summed E-state index contributed by atoms with van der Waals surface area (Å²) in [4.78, 5) is 22.3. The molecule has 0 aliphatic carbocycles. The zero-order chi connectivity index (χ0) is 15.4. The van der Waals surface area contributed by atoms with Gasteiger partial charge in [0.2, 0.25) is 5.76 Å². The van der Waals surface area contributed by atoms with Crippen molar-refractivity contribution in [3.8, 4) is 6.01 Å². The van der Waals surface area contributed by atoms with Crippen molar-refractivity contribution < 1.29 is 19.0 Å². The van der Waals surface area contributed by atoms with Crippen molar-refractivity contribution in [3.05, 3.63) is 30.0 Å². The van der Waals surface area contributed by atoms with E-state index in [1.807, 2.05) is 0 Å². The van der Waals surface area contributed by atoms with E-state index >= 15 is 0 Å². The molecule has 7 nitrogen and oxygen atoms in total. The van der Waals surface area contributed by atoms with Crippen LogP contribution in [0.15, 0.2) is 30.0 Å². The van der Waals surface area contributed by atoms with Gasteiger partial charge in [-0.3, -0.25) is 4.79 Å². The fourth-order valence-electron chi connectivity index (χ4n) is 2.53. The Morgan fingerprint density at radius 2 is 1.91 bits per heavy atom. The summed E-state index contributed by atoms with van der Waals surface area (Å²) in [5, 5.41) is 0. The SMILES string of the molecule is CC1=C(C(=O)N2CCC(Oc3ncccn3)CC2)OCCO1. The smallest absolute Gasteiger partial charge is 0.316 e. The molecule has 1 amide bonds. The van der Waals surface area contributed by atoms with Gasteiger partial charge in [-0.2, -0.15) is 0 Å². The highest BCUT2D eigenvalue weighted by Crippen LogP contribution is 2.20. The molecule has 118 valence electrons. The number of rotatable bonds is 3. The minimum Gasteiger partial charge on any atom is -0.491 e. The zero-order valence-electron chi connectivity index (χ0n) is 12.5. The molecular weight excluding hydrogens is 286 g/mol. The number of allylic oxidation sites excluding steroid dienone is 1. The highest BCUT2D eigenvalue weighted by atomic mass is 16.6. The van der Waals surface area contributed by atoms with Crippen LogP contribution in [0.2, 0.25) is 0 Å². The molecule has 3 heterocycles. The minimum atomic E-state index is -0.105. The molecule has 1 aromatic rings. The first kappa shape index (κ1) is 14.6. The number of aromatic nitrogens is 2. The third kappa shape index (κ3) is 3.29.